The molecule has 0 atom stereocenters. The predicted octanol–water partition coefficient (Wildman–Crippen LogP) is 3.08. The molecule has 1 amide bonds. The van der Waals surface area contributed by atoms with E-state index in [9.17, 15) is 9.90 Å². The zero-order valence-corrected chi connectivity index (χ0v) is 10.6. The van der Waals surface area contributed by atoms with E-state index in [2.05, 4.69) is 5.32 Å². The Balaban J connectivity index is 2.91. The van der Waals surface area contributed by atoms with Crippen LogP contribution in [0.3, 0.4) is 0 Å². The second-order valence-electron chi connectivity index (χ2n) is 3.89. The predicted molar refractivity (Wildman–Crippen MR) is 65.3 cm³/mol. The number of nitrogens with one attached hydrogen (secondary N) is 1. The standard InChI is InChI=1S/C11H13Cl2NO2/c1-6(2)5-14-11(16)8-3-7(12)4-9(13)10(8)15/h3-4,6,15H,5H2,1-2H3,(H,14,16). The quantitative estimate of drug-likeness (QED) is 0.879. The summed E-state index contributed by atoms with van der Waals surface area (Å²) in [5, 5.41) is 12.7. The van der Waals surface area contributed by atoms with E-state index in [4.69, 9.17) is 23.2 Å². The van der Waals surface area contributed by atoms with Gasteiger partial charge in [0.25, 0.3) is 5.91 Å². The third kappa shape index (κ3) is 3.29. The van der Waals surface area contributed by atoms with Gasteiger partial charge in [0.15, 0.2) is 0 Å². The molecule has 3 nitrogen and oxygen atoms in total. The van der Waals surface area contributed by atoms with Gasteiger partial charge in [-0.3, -0.25) is 4.79 Å². The molecule has 88 valence electrons. The number of carbonyl (C=O) groups is 1. The van der Waals surface area contributed by atoms with Crippen LogP contribution in [-0.4, -0.2) is 17.6 Å². The minimum Gasteiger partial charge on any atom is -0.506 e. The van der Waals surface area contributed by atoms with Gasteiger partial charge in [0, 0.05) is 11.6 Å². The summed E-state index contributed by atoms with van der Waals surface area (Å²) >= 11 is 11.5. The fourth-order valence-electron chi connectivity index (χ4n) is 1.13. The number of phenols is 1. The second kappa shape index (κ2) is 5.41. The third-order valence-corrected chi connectivity index (χ3v) is 2.45. The van der Waals surface area contributed by atoms with Gasteiger partial charge in [-0.15, -0.1) is 0 Å². The number of halogens is 2. The van der Waals surface area contributed by atoms with E-state index < -0.39 is 0 Å². The Morgan fingerprint density at radius 3 is 2.62 bits per heavy atom. The van der Waals surface area contributed by atoms with E-state index in [0.29, 0.717) is 17.5 Å². The van der Waals surface area contributed by atoms with Crippen molar-refractivity contribution in [2.75, 3.05) is 6.54 Å². The Bertz CT molecular complexity index is 405. The smallest absolute Gasteiger partial charge is 0.255 e. The van der Waals surface area contributed by atoms with E-state index in [1.54, 1.807) is 0 Å². The zero-order valence-electron chi connectivity index (χ0n) is 9.05. The molecule has 0 aliphatic heterocycles. The molecule has 16 heavy (non-hydrogen) atoms. The lowest BCUT2D eigenvalue weighted by Crippen LogP contribution is -2.27. The molecule has 1 rings (SSSR count). The average Bonchev–Trinajstić information content (AvgIpc) is 2.19. The molecular weight excluding hydrogens is 249 g/mol. The van der Waals surface area contributed by atoms with Crippen molar-refractivity contribution in [3.05, 3.63) is 27.7 Å². The van der Waals surface area contributed by atoms with Crippen LogP contribution in [0.25, 0.3) is 0 Å². The highest BCUT2D eigenvalue weighted by Gasteiger charge is 2.15. The van der Waals surface area contributed by atoms with Gasteiger partial charge in [-0.2, -0.15) is 0 Å². The summed E-state index contributed by atoms with van der Waals surface area (Å²) in [6, 6.07) is 2.77. The van der Waals surface area contributed by atoms with Crippen LogP contribution < -0.4 is 5.32 Å². The molecule has 0 spiro atoms. The summed E-state index contributed by atoms with van der Waals surface area (Å²) in [4.78, 5) is 11.7. The topological polar surface area (TPSA) is 49.3 Å². The molecule has 0 bridgehead atoms. The van der Waals surface area contributed by atoms with E-state index in [1.165, 1.54) is 12.1 Å². The number of aromatic hydroxyl groups is 1. The molecule has 1 aromatic carbocycles. The van der Waals surface area contributed by atoms with Crippen LogP contribution in [0, 0.1) is 5.92 Å². The lowest BCUT2D eigenvalue weighted by atomic mass is 10.1. The minimum absolute atomic E-state index is 0.0715. The van der Waals surface area contributed by atoms with Crippen molar-refractivity contribution in [3.8, 4) is 5.75 Å². The maximum Gasteiger partial charge on any atom is 0.255 e. The summed E-state index contributed by atoms with van der Waals surface area (Å²) in [5.41, 5.74) is 0.0955. The molecule has 5 heteroatoms. The van der Waals surface area contributed by atoms with Gasteiger partial charge >= 0.3 is 0 Å². The van der Waals surface area contributed by atoms with Crippen LogP contribution in [0.2, 0.25) is 10.0 Å². The lowest BCUT2D eigenvalue weighted by molar-refractivity contribution is 0.0946. The highest BCUT2D eigenvalue weighted by atomic mass is 35.5. The Labute approximate surface area is 104 Å². The molecule has 0 saturated heterocycles. The van der Waals surface area contributed by atoms with Crippen LogP contribution in [-0.2, 0) is 0 Å². The van der Waals surface area contributed by atoms with Gasteiger partial charge in [-0.25, -0.2) is 0 Å². The minimum atomic E-state index is -0.379. The molecule has 0 fully saturated rings. The Kier molecular flexibility index (Phi) is 4.44. The summed E-state index contributed by atoms with van der Waals surface area (Å²) < 4.78 is 0. The third-order valence-electron chi connectivity index (χ3n) is 1.94. The van der Waals surface area contributed by atoms with Crippen LogP contribution in [0.5, 0.6) is 5.75 Å². The number of rotatable bonds is 3. The number of amides is 1. The van der Waals surface area contributed by atoms with Crippen molar-refractivity contribution in [2.24, 2.45) is 5.92 Å². The monoisotopic (exact) mass is 261 g/mol. The summed E-state index contributed by atoms with van der Waals surface area (Å²) in [5.74, 6) is -0.288. The Morgan fingerprint density at radius 1 is 1.44 bits per heavy atom. The highest BCUT2D eigenvalue weighted by Crippen LogP contribution is 2.30. The van der Waals surface area contributed by atoms with E-state index >= 15 is 0 Å². The van der Waals surface area contributed by atoms with Crippen LogP contribution in [0.1, 0.15) is 24.2 Å². The molecule has 0 aliphatic rings. The fourth-order valence-corrected chi connectivity index (χ4v) is 1.62. The molecule has 0 aromatic heterocycles. The van der Waals surface area contributed by atoms with Crippen molar-refractivity contribution < 1.29 is 9.90 Å². The van der Waals surface area contributed by atoms with Crippen LogP contribution in [0.4, 0.5) is 0 Å². The maximum absolute atomic E-state index is 11.7. The lowest BCUT2D eigenvalue weighted by Gasteiger charge is -2.09. The number of hydrogen-bond acceptors (Lipinski definition) is 2. The number of hydrogen-bond donors (Lipinski definition) is 2. The van der Waals surface area contributed by atoms with E-state index in [0.717, 1.165) is 0 Å². The van der Waals surface area contributed by atoms with Gasteiger partial charge in [0.05, 0.1) is 10.6 Å². The fraction of sp³-hybridized carbons (Fsp3) is 0.364. The molecular formula is C11H13Cl2NO2. The highest BCUT2D eigenvalue weighted by molar-refractivity contribution is 6.36. The van der Waals surface area contributed by atoms with E-state index in [1.807, 2.05) is 13.8 Å². The van der Waals surface area contributed by atoms with Crippen molar-refractivity contribution in [1.82, 2.24) is 5.32 Å². The van der Waals surface area contributed by atoms with Crippen LogP contribution in [0.15, 0.2) is 12.1 Å². The first kappa shape index (κ1) is 13.1. The molecule has 0 heterocycles. The van der Waals surface area contributed by atoms with Gasteiger partial charge in [0.1, 0.15) is 5.75 Å². The summed E-state index contributed by atoms with van der Waals surface area (Å²) in [6.07, 6.45) is 0. The van der Waals surface area contributed by atoms with Gasteiger partial charge < -0.3 is 10.4 Å². The largest absolute Gasteiger partial charge is 0.506 e. The first-order chi connectivity index (χ1) is 7.41. The molecule has 0 radical (unpaired) electrons. The average molecular weight is 262 g/mol. The molecule has 0 saturated carbocycles. The zero-order chi connectivity index (χ0) is 12.3. The van der Waals surface area contributed by atoms with Gasteiger partial charge in [0.2, 0.25) is 0 Å². The number of carbonyl (C=O) groups excluding carboxylic acids is 1. The van der Waals surface area contributed by atoms with Crippen molar-refractivity contribution in [1.29, 1.82) is 0 Å². The molecule has 2 N–H and O–H groups in total. The number of benzene rings is 1. The molecule has 1 aromatic rings. The summed E-state index contributed by atoms with van der Waals surface area (Å²) in [7, 11) is 0. The van der Waals surface area contributed by atoms with Gasteiger partial charge in [-0.1, -0.05) is 37.0 Å². The Morgan fingerprint density at radius 2 is 2.06 bits per heavy atom. The summed E-state index contributed by atoms with van der Waals surface area (Å²) in [6.45, 7) is 4.48. The Hall–Kier alpha value is -0.930. The first-order valence-corrected chi connectivity index (χ1v) is 5.63. The maximum atomic E-state index is 11.7. The van der Waals surface area contributed by atoms with Crippen LogP contribution >= 0.6 is 23.2 Å². The first-order valence-electron chi connectivity index (χ1n) is 4.88. The van der Waals surface area contributed by atoms with Gasteiger partial charge in [-0.05, 0) is 18.1 Å². The molecule has 0 unspecified atom stereocenters. The molecule has 0 aliphatic carbocycles. The number of phenolic OH excluding ortho intramolecular Hbond substituents is 1. The second-order valence-corrected chi connectivity index (χ2v) is 4.73. The van der Waals surface area contributed by atoms with Crippen molar-refractivity contribution in [3.63, 3.8) is 0 Å². The van der Waals surface area contributed by atoms with Crippen molar-refractivity contribution in [2.45, 2.75) is 13.8 Å². The SMILES string of the molecule is CC(C)CNC(=O)c1cc(Cl)cc(Cl)c1O. The normalized spacial score (nSPS) is 10.6. The van der Waals surface area contributed by atoms with E-state index in [-0.39, 0.29) is 22.2 Å². The van der Waals surface area contributed by atoms with Crippen molar-refractivity contribution >= 4 is 29.1 Å².